The minimum atomic E-state index is -3.38. The maximum Gasteiger partial charge on any atom is 0.317 e. The van der Waals surface area contributed by atoms with Crippen molar-refractivity contribution < 1.29 is 13.2 Å². The highest BCUT2D eigenvalue weighted by Crippen LogP contribution is 2.17. The van der Waals surface area contributed by atoms with Crippen molar-refractivity contribution >= 4 is 21.7 Å². The molecule has 0 radical (unpaired) electrons. The van der Waals surface area contributed by atoms with Crippen LogP contribution in [0.5, 0.6) is 0 Å². The van der Waals surface area contributed by atoms with Crippen LogP contribution in [-0.4, -0.2) is 32.7 Å². The van der Waals surface area contributed by atoms with Crippen molar-refractivity contribution in [3.8, 4) is 0 Å². The van der Waals surface area contributed by atoms with Crippen LogP contribution in [0.25, 0.3) is 0 Å². The topological polar surface area (TPSA) is 78.5 Å². The van der Waals surface area contributed by atoms with E-state index in [1.807, 2.05) is 12.1 Å². The molecule has 0 atom stereocenters. The van der Waals surface area contributed by atoms with E-state index in [0.29, 0.717) is 23.7 Å². The van der Waals surface area contributed by atoms with Gasteiger partial charge < -0.3 is 10.2 Å². The summed E-state index contributed by atoms with van der Waals surface area (Å²) in [5.41, 5.74) is 3.48. The Morgan fingerprint density at radius 2 is 1.70 bits per heavy atom. The van der Waals surface area contributed by atoms with E-state index in [1.54, 1.807) is 36.2 Å². The number of rotatable bonds is 7. The fourth-order valence-corrected chi connectivity index (χ4v) is 3.23. The first-order chi connectivity index (χ1) is 12.7. The van der Waals surface area contributed by atoms with Crippen molar-refractivity contribution in [3.05, 3.63) is 65.2 Å². The second-order valence-corrected chi connectivity index (χ2v) is 8.69. The van der Waals surface area contributed by atoms with Crippen molar-refractivity contribution in [2.45, 2.75) is 32.9 Å². The molecule has 6 nitrogen and oxygen atoms in total. The normalized spacial score (nSPS) is 11.3. The highest BCUT2D eigenvalue weighted by Gasteiger charge is 2.12. The van der Waals surface area contributed by atoms with Gasteiger partial charge in [0.05, 0.1) is 11.9 Å². The molecule has 7 heteroatoms. The van der Waals surface area contributed by atoms with Gasteiger partial charge in [0.2, 0.25) is 10.0 Å². The molecule has 2 amide bonds. The summed E-state index contributed by atoms with van der Waals surface area (Å²) >= 11 is 0. The molecule has 0 bridgehead atoms. The molecule has 0 aliphatic heterocycles. The van der Waals surface area contributed by atoms with E-state index in [9.17, 15) is 13.2 Å². The molecule has 0 spiro atoms. The van der Waals surface area contributed by atoms with Gasteiger partial charge in [-0.2, -0.15) is 0 Å². The molecule has 0 aliphatic carbocycles. The van der Waals surface area contributed by atoms with Gasteiger partial charge in [-0.05, 0) is 28.7 Å². The fourth-order valence-electron chi connectivity index (χ4n) is 2.63. The number of para-hydroxylation sites is 1. The third-order valence-electron chi connectivity index (χ3n) is 4.16. The van der Waals surface area contributed by atoms with Crippen molar-refractivity contribution in [3.63, 3.8) is 0 Å². The van der Waals surface area contributed by atoms with Gasteiger partial charge in [0.25, 0.3) is 0 Å². The average molecular weight is 390 g/mol. The molecular formula is C20H27N3O3S. The number of hydrogen-bond acceptors (Lipinski definition) is 3. The summed E-state index contributed by atoms with van der Waals surface area (Å²) in [5.74, 6) is 0.473. The Labute approximate surface area is 161 Å². The number of anilines is 1. The minimum absolute atomic E-state index is 0.225. The van der Waals surface area contributed by atoms with Gasteiger partial charge >= 0.3 is 6.03 Å². The maximum atomic E-state index is 12.4. The summed E-state index contributed by atoms with van der Waals surface area (Å²) in [4.78, 5) is 14.0. The minimum Gasteiger partial charge on any atom is -0.334 e. The fraction of sp³-hybridized carbons (Fsp3) is 0.350. The predicted molar refractivity (Wildman–Crippen MR) is 109 cm³/mol. The van der Waals surface area contributed by atoms with Crippen LogP contribution >= 0.6 is 0 Å². The quantitative estimate of drug-likeness (QED) is 0.760. The Bertz CT molecular complexity index is 878. The lowest BCUT2D eigenvalue weighted by Crippen LogP contribution is -2.36. The summed E-state index contributed by atoms with van der Waals surface area (Å²) in [6.07, 6.45) is 1.10. The lowest BCUT2D eigenvalue weighted by atomic mass is 10.0. The summed E-state index contributed by atoms with van der Waals surface area (Å²) < 4.78 is 25.4. The molecule has 146 valence electrons. The Balaban J connectivity index is 1.95. The van der Waals surface area contributed by atoms with E-state index in [0.717, 1.165) is 11.8 Å². The van der Waals surface area contributed by atoms with Crippen molar-refractivity contribution in [2.75, 3.05) is 18.0 Å². The smallest absolute Gasteiger partial charge is 0.317 e. The first-order valence-corrected chi connectivity index (χ1v) is 10.7. The third-order valence-corrected chi connectivity index (χ3v) is 4.75. The van der Waals surface area contributed by atoms with E-state index in [1.165, 1.54) is 5.56 Å². The van der Waals surface area contributed by atoms with Crippen LogP contribution in [0.2, 0.25) is 0 Å². The van der Waals surface area contributed by atoms with E-state index in [2.05, 4.69) is 36.0 Å². The molecule has 0 saturated heterocycles. The molecule has 0 aliphatic rings. The van der Waals surface area contributed by atoms with Crippen LogP contribution in [0.1, 0.15) is 36.5 Å². The number of nitrogens with zero attached hydrogens (tertiary/aromatic N) is 1. The van der Waals surface area contributed by atoms with Gasteiger partial charge in [-0.1, -0.05) is 56.3 Å². The standard InChI is InChI=1S/C20H27N3O3S/c1-15(2)17-11-9-16(10-12-17)14-23(3)20(24)21-13-18-7-5-6-8-19(18)22-27(4,25)26/h5-12,15,22H,13-14H2,1-4H3,(H,21,24). The van der Waals surface area contributed by atoms with Crippen molar-refractivity contribution in [1.82, 2.24) is 10.2 Å². The van der Waals surface area contributed by atoms with Crippen LogP contribution in [0.4, 0.5) is 10.5 Å². The number of carbonyl (C=O) groups is 1. The van der Waals surface area contributed by atoms with Crippen LogP contribution in [0.15, 0.2) is 48.5 Å². The first-order valence-electron chi connectivity index (χ1n) is 8.79. The van der Waals surface area contributed by atoms with Gasteiger partial charge in [-0.15, -0.1) is 0 Å². The Kier molecular flexibility index (Phi) is 6.85. The zero-order valence-corrected chi connectivity index (χ0v) is 17.0. The van der Waals surface area contributed by atoms with Crippen molar-refractivity contribution in [1.29, 1.82) is 0 Å². The largest absolute Gasteiger partial charge is 0.334 e. The summed E-state index contributed by atoms with van der Waals surface area (Å²) in [6, 6.07) is 15.0. The second-order valence-electron chi connectivity index (χ2n) is 6.94. The second kappa shape index (κ2) is 8.90. The Morgan fingerprint density at radius 3 is 2.30 bits per heavy atom. The van der Waals surface area contributed by atoms with E-state index < -0.39 is 10.0 Å². The number of amides is 2. The molecule has 2 aromatic rings. The monoisotopic (exact) mass is 389 g/mol. The molecule has 2 aromatic carbocycles. The van der Waals surface area contributed by atoms with Gasteiger partial charge in [0.1, 0.15) is 0 Å². The molecule has 2 N–H and O–H groups in total. The highest BCUT2D eigenvalue weighted by atomic mass is 32.2. The maximum absolute atomic E-state index is 12.4. The lowest BCUT2D eigenvalue weighted by molar-refractivity contribution is 0.206. The van der Waals surface area contributed by atoms with Gasteiger partial charge in [0, 0.05) is 20.1 Å². The average Bonchev–Trinajstić information content (AvgIpc) is 2.59. The Morgan fingerprint density at radius 1 is 1.07 bits per heavy atom. The Hall–Kier alpha value is -2.54. The highest BCUT2D eigenvalue weighted by molar-refractivity contribution is 7.92. The van der Waals surface area contributed by atoms with E-state index >= 15 is 0 Å². The molecular weight excluding hydrogens is 362 g/mol. The molecule has 0 aromatic heterocycles. The molecule has 0 unspecified atom stereocenters. The number of hydrogen-bond donors (Lipinski definition) is 2. The number of sulfonamides is 1. The molecule has 2 rings (SSSR count). The summed E-state index contributed by atoms with van der Waals surface area (Å²) in [6.45, 7) is 5.01. The van der Waals surface area contributed by atoms with E-state index in [-0.39, 0.29) is 12.6 Å². The zero-order valence-electron chi connectivity index (χ0n) is 16.2. The van der Waals surface area contributed by atoms with Gasteiger partial charge in [0.15, 0.2) is 0 Å². The number of benzene rings is 2. The van der Waals surface area contributed by atoms with E-state index in [4.69, 9.17) is 0 Å². The van der Waals surface area contributed by atoms with Crippen LogP contribution in [0.3, 0.4) is 0 Å². The van der Waals surface area contributed by atoms with Crippen LogP contribution < -0.4 is 10.0 Å². The van der Waals surface area contributed by atoms with Crippen molar-refractivity contribution in [2.24, 2.45) is 0 Å². The van der Waals surface area contributed by atoms with Crippen LogP contribution in [-0.2, 0) is 23.1 Å². The lowest BCUT2D eigenvalue weighted by Gasteiger charge is -2.19. The summed E-state index contributed by atoms with van der Waals surface area (Å²) in [5, 5.41) is 2.83. The third kappa shape index (κ3) is 6.60. The SMILES string of the molecule is CC(C)c1ccc(CN(C)C(=O)NCc2ccccc2NS(C)(=O)=O)cc1. The van der Waals surface area contributed by atoms with Crippen LogP contribution in [0, 0.1) is 0 Å². The van der Waals surface area contributed by atoms with Gasteiger partial charge in [-0.25, -0.2) is 13.2 Å². The zero-order chi connectivity index (χ0) is 20.0. The number of carbonyl (C=O) groups excluding carboxylic acids is 1. The molecule has 27 heavy (non-hydrogen) atoms. The predicted octanol–water partition coefficient (Wildman–Crippen LogP) is 3.52. The molecule has 0 saturated carbocycles. The number of nitrogens with one attached hydrogen (secondary N) is 2. The van der Waals surface area contributed by atoms with Gasteiger partial charge in [-0.3, -0.25) is 4.72 Å². The molecule has 0 heterocycles. The molecule has 0 fully saturated rings. The summed E-state index contributed by atoms with van der Waals surface area (Å²) in [7, 11) is -1.65. The first kappa shape index (κ1) is 20.8. The number of urea groups is 1.